The highest BCUT2D eigenvalue weighted by atomic mass is 32.1. The quantitative estimate of drug-likeness (QED) is 0.744. The first-order valence-corrected chi connectivity index (χ1v) is 7.89. The van der Waals surface area contributed by atoms with Gasteiger partial charge in [0, 0.05) is 18.2 Å². The van der Waals surface area contributed by atoms with Gasteiger partial charge in [-0.3, -0.25) is 9.36 Å². The second-order valence-corrected chi connectivity index (χ2v) is 6.32. The van der Waals surface area contributed by atoms with Crippen LogP contribution in [0.2, 0.25) is 0 Å². The third-order valence-electron chi connectivity index (χ3n) is 4.00. The minimum atomic E-state index is 0.000194. The Morgan fingerprint density at radius 2 is 2.33 bits per heavy atom. The van der Waals surface area contributed by atoms with Crippen molar-refractivity contribution >= 4 is 31.8 Å². The molecule has 1 aliphatic carbocycles. The van der Waals surface area contributed by atoms with Gasteiger partial charge in [0.2, 0.25) is 0 Å². The Hall–Kier alpha value is -1.79. The maximum atomic E-state index is 12.5. The number of aromatic nitrogens is 3. The van der Waals surface area contributed by atoms with Gasteiger partial charge in [0.25, 0.3) is 5.56 Å². The molecule has 3 aromatic heterocycles. The topological polar surface area (TPSA) is 57.0 Å². The van der Waals surface area contributed by atoms with E-state index in [0.717, 1.165) is 28.6 Å². The van der Waals surface area contributed by atoms with E-state index in [1.807, 2.05) is 0 Å². The molecule has 4 rings (SSSR count). The van der Waals surface area contributed by atoms with E-state index in [4.69, 9.17) is 9.72 Å². The van der Waals surface area contributed by atoms with E-state index in [1.165, 1.54) is 29.0 Å². The summed E-state index contributed by atoms with van der Waals surface area (Å²) >= 11 is 1.45. The highest BCUT2D eigenvalue weighted by Crippen LogP contribution is 2.32. The van der Waals surface area contributed by atoms with Crippen LogP contribution in [-0.4, -0.2) is 28.3 Å². The summed E-state index contributed by atoms with van der Waals surface area (Å²) in [7, 11) is 1.63. The lowest BCUT2D eigenvalue weighted by Gasteiger charge is -2.03. The van der Waals surface area contributed by atoms with Crippen LogP contribution in [0.1, 0.15) is 17.7 Å². The second-order valence-electron chi connectivity index (χ2n) is 5.32. The standard InChI is InChI=1S/C15H15N3O2S/c1-20-6-5-18-8-16-12-10-7-9-3-2-4-11(9)17-14(10)21-13(12)15(18)19/h7-8H,2-6H2,1H3. The van der Waals surface area contributed by atoms with Crippen molar-refractivity contribution in [1.82, 2.24) is 14.5 Å². The zero-order valence-corrected chi connectivity index (χ0v) is 12.6. The van der Waals surface area contributed by atoms with E-state index < -0.39 is 0 Å². The maximum absolute atomic E-state index is 12.5. The van der Waals surface area contributed by atoms with Crippen molar-refractivity contribution in [3.63, 3.8) is 0 Å². The molecule has 0 aromatic carbocycles. The van der Waals surface area contributed by atoms with Crippen molar-refractivity contribution in [3.8, 4) is 0 Å². The van der Waals surface area contributed by atoms with Crippen molar-refractivity contribution in [2.75, 3.05) is 13.7 Å². The fourth-order valence-electron chi connectivity index (χ4n) is 2.90. The number of methoxy groups -OCH3 is 1. The number of thiophene rings is 1. The molecule has 3 aromatic rings. The van der Waals surface area contributed by atoms with E-state index in [2.05, 4.69) is 11.1 Å². The highest BCUT2D eigenvalue weighted by molar-refractivity contribution is 7.25. The molecule has 1 aliphatic rings. The van der Waals surface area contributed by atoms with Crippen LogP contribution in [0, 0.1) is 0 Å². The van der Waals surface area contributed by atoms with Crippen LogP contribution >= 0.6 is 11.3 Å². The average Bonchev–Trinajstić information content (AvgIpc) is 3.08. The number of nitrogens with zero attached hydrogens (tertiary/aromatic N) is 3. The molecule has 0 atom stereocenters. The number of ether oxygens (including phenoxy) is 1. The number of hydrogen-bond donors (Lipinski definition) is 0. The molecule has 0 aliphatic heterocycles. The minimum absolute atomic E-state index is 0.000194. The largest absolute Gasteiger partial charge is 0.383 e. The van der Waals surface area contributed by atoms with Crippen LogP contribution < -0.4 is 5.56 Å². The van der Waals surface area contributed by atoms with Gasteiger partial charge in [-0.15, -0.1) is 11.3 Å². The van der Waals surface area contributed by atoms with Crippen LogP contribution in [0.3, 0.4) is 0 Å². The zero-order valence-electron chi connectivity index (χ0n) is 11.8. The van der Waals surface area contributed by atoms with E-state index in [9.17, 15) is 4.79 Å². The summed E-state index contributed by atoms with van der Waals surface area (Å²) in [5.74, 6) is 0. The van der Waals surface area contributed by atoms with E-state index in [1.54, 1.807) is 18.0 Å². The molecular weight excluding hydrogens is 286 g/mol. The van der Waals surface area contributed by atoms with Crippen LogP contribution in [0.4, 0.5) is 0 Å². The molecule has 0 amide bonds. The molecule has 0 bridgehead atoms. The Morgan fingerprint density at radius 1 is 1.43 bits per heavy atom. The van der Waals surface area contributed by atoms with Gasteiger partial charge >= 0.3 is 0 Å². The molecule has 0 N–H and O–H groups in total. The summed E-state index contributed by atoms with van der Waals surface area (Å²) in [6.45, 7) is 1.03. The summed E-state index contributed by atoms with van der Waals surface area (Å²) in [4.78, 5) is 22.7. The molecule has 0 fully saturated rings. The summed E-state index contributed by atoms with van der Waals surface area (Å²) in [5.41, 5.74) is 3.29. The van der Waals surface area contributed by atoms with Crippen molar-refractivity contribution in [2.45, 2.75) is 25.8 Å². The smallest absolute Gasteiger partial charge is 0.271 e. The Morgan fingerprint density at radius 3 is 3.19 bits per heavy atom. The highest BCUT2D eigenvalue weighted by Gasteiger charge is 2.18. The van der Waals surface area contributed by atoms with Crippen molar-refractivity contribution in [2.24, 2.45) is 0 Å². The Balaban J connectivity index is 1.95. The monoisotopic (exact) mass is 301 g/mol. The van der Waals surface area contributed by atoms with Gasteiger partial charge in [-0.1, -0.05) is 0 Å². The molecule has 0 radical (unpaired) electrons. The van der Waals surface area contributed by atoms with E-state index in [0.29, 0.717) is 17.9 Å². The van der Waals surface area contributed by atoms with Crippen LogP contribution in [0.15, 0.2) is 17.2 Å². The van der Waals surface area contributed by atoms with E-state index >= 15 is 0 Å². The van der Waals surface area contributed by atoms with Gasteiger partial charge in [0.15, 0.2) is 0 Å². The zero-order chi connectivity index (χ0) is 14.4. The summed E-state index contributed by atoms with van der Waals surface area (Å²) in [6, 6.07) is 2.18. The van der Waals surface area contributed by atoms with Gasteiger partial charge in [0.05, 0.1) is 25.0 Å². The third-order valence-corrected chi connectivity index (χ3v) is 5.08. The number of fused-ring (bicyclic) bond motifs is 4. The Kier molecular flexibility index (Phi) is 3.01. The van der Waals surface area contributed by atoms with Gasteiger partial charge in [-0.05, 0) is 30.9 Å². The fraction of sp³-hybridized carbons (Fsp3) is 0.400. The van der Waals surface area contributed by atoms with Gasteiger partial charge < -0.3 is 4.74 Å². The third kappa shape index (κ3) is 1.98. The molecule has 108 valence electrons. The summed E-state index contributed by atoms with van der Waals surface area (Å²) in [5, 5.41) is 1.02. The predicted molar refractivity (Wildman–Crippen MR) is 83.1 cm³/mol. The molecule has 6 heteroatoms. The maximum Gasteiger partial charge on any atom is 0.271 e. The van der Waals surface area contributed by atoms with Gasteiger partial charge in [-0.25, -0.2) is 9.97 Å². The van der Waals surface area contributed by atoms with Crippen molar-refractivity contribution in [1.29, 1.82) is 0 Å². The lowest BCUT2D eigenvalue weighted by Crippen LogP contribution is -2.21. The molecule has 5 nitrogen and oxygen atoms in total. The number of hydrogen-bond acceptors (Lipinski definition) is 5. The first-order valence-electron chi connectivity index (χ1n) is 7.07. The Bertz CT molecular complexity index is 897. The van der Waals surface area contributed by atoms with Crippen LogP contribution in [-0.2, 0) is 24.1 Å². The molecule has 21 heavy (non-hydrogen) atoms. The SMILES string of the molecule is COCCn1cnc2c(sc3nc4c(cc32)CCC4)c1=O. The molecule has 3 heterocycles. The fourth-order valence-corrected chi connectivity index (χ4v) is 3.98. The number of rotatable bonds is 3. The lowest BCUT2D eigenvalue weighted by atomic mass is 10.2. The van der Waals surface area contributed by atoms with Gasteiger partial charge in [0.1, 0.15) is 9.53 Å². The molecule has 0 spiro atoms. The lowest BCUT2D eigenvalue weighted by molar-refractivity contribution is 0.186. The first-order chi connectivity index (χ1) is 10.3. The normalized spacial score (nSPS) is 14.1. The molecule has 0 unspecified atom stereocenters. The molecule has 0 saturated carbocycles. The summed E-state index contributed by atoms with van der Waals surface area (Å²) < 4.78 is 7.33. The number of aryl methyl sites for hydroxylation is 2. The second kappa shape index (κ2) is 4.89. The Labute approximate surface area is 125 Å². The van der Waals surface area contributed by atoms with Gasteiger partial charge in [-0.2, -0.15) is 0 Å². The van der Waals surface area contributed by atoms with E-state index in [-0.39, 0.29) is 5.56 Å². The predicted octanol–water partition coefficient (Wildman–Crippen LogP) is 2.14. The molecule has 0 saturated heterocycles. The van der Waals surface area contributed by atoms with Crippen molar-refractivity contribution in [3.05, 3.63) is 34.0 Å². The summed E-state index contributed by atoms with van der Waals surface area (Å²) in [6.07, 6.45) is 4.92. The molecular formula is C15H15N3O2S. The number of pyridine rings is 1. The first kappa shape index (κ1) is 12.9. The van der Waals surface area contributed by atoms with Crippen LogP contribution in [0.25, 0.3) is 20.4 Å². The average molecular weight is 301 g/mol. The van der Waals surface area contributed by atoms with Crippen LogP contribution in [0.5, 0.6) is 0 Å². The minimum Gasteiger partial charge on any atom is -0.383 e. The van der Waals surface area contributed by atoms with Crippen molar-refractivity contribution < 1.29 is 4.74 Å².